The second-order valence-corrected chi connectivity index (χ2v) is 8.68. The van der Waals surface area contributed by atoms with Crippen LogP contribution in [0.25, 0.3) is 0 Å². The van der Waals surface area contributed by atoms with Crippen LogP contribution in [0.5, 0.6) is 5.75 Å². The Labute approximate surface area is 192 Å². The van der Waals surface area contributed by atoms with E-state index in [0.717, 1.165) is 23.1 Å². The van der Waals surface area contributed by atoms with Gasteiger partial charge in [-0.05, 0) is 62.8 Å². The summed E-state index contributed by atoms with van der Waals surface area (Å²) in [5.74, 6) is 1.25. The Bertz CT molecular complexity index is 1250. The van der Waals surface area contributed by atoms with E-state index >= 15 is 0 Å². The van der Waals surface area contributed by atoms with E-state index in [1.807, 2.05) is 32.0 Å². The van der Waals surface area contributed by atoms with E-state index in [1.165, 1.54) is 6.26 Å². The molecule has 0 spiro atoms. The maximum Gasteiger partial charge on any atom is 0.379 e. The van der Waals surface area contributed by atoms with E-state index in [0.29, 0.717) is 47.0 Å². The summed E-state index contributed by atoms with van der Waals surface area (Å²) in [4.78, 5) is 25.5. The molecule has 0 fully saturated rings. The Morgan fingerprint density at radius 1 is 1.12 bits per heavy atom. The number of rotatable bonds is 5. The van der Waals surface area contributed by atoms with Gasteiger partial charge in [0.05, 0.1) is 17.5 Å². The van der Waals surface area contributed by atoms with Gasteiger partial charge in [-0.25, -0.2) is 10.2 Å². The first-order valence-electron chi connectivity index (χ1n) is 11.1. The molecule has 2 aromatic heterocycles. The van der Waals surface area contributed by atoms with Crippen LogP contribution in [-0.2, 0) is 6.42 Å². The van der Waals surface area contributed by atoms with Gasteiger partial charge in [-0.15, -0.1) is 0 Å². The molecule has 0 saturated carbocycles. The van der Waals surface area contributed by atoms with Crippen molar-refractivity contribution < 1.29 is 23.2 Å². The van der Waals surface area contributed by atoms with Gasteiger partial charge >= 0.3 is 5.97 Å². The molecule has 0 radical (unpaired) electrons. The van der Waals surface area contributed by atoms with E-state index in [9.17, 15) is 9.59 Å². The number of furan rings is 2. The zero-order chi connectivity index (χ0) is 23.7. The Morgan fingerprint density at radius 2 is 1.91 bits per heavy atom. The molecule has 0 bridgehead atoms. The molecule has 0 aliphatic heterocycles. The largest absolute Gasteiger partial charge is 0.469 e. The molecule has 0 atom stereocenters. The van der Waals surface area contributed by atoms with Gasteiger partial charge in [-0.2, -0.15) is 5.10 Å². The van der Waals surface area contributed by atoms with Crippen LogP contribution < -0.4 is 10.2 Å². The number of hydrogen-bond donors (Lipinski definition) is 1. The fourth-order valence-electron chi connectivity index (χ4n) is 4.13. The average Bonchev–Trinajstić information content (AvgIpc) is 3.35. The van der Waals surface area contributed by atoms with Crippen LogP contribution in [0, 0.1) is 20.8 Å². The lowest BCUT2D eigenvalue weighted by atomic mass is 9.93. The molecule has 4 rings (SSSR count). The Hall–Kier alpha value is -3.61. The fourth-order valence-corrected chi connectivity index (χ4v) is 4.13. The zero-order valence-electron chi connectivity index (χ0n) is 19.6. The molecule has 7 heteroatoms. The second-order valence-electron chi connectivity index (χ2n) is 8.68. The minimum atomic E-state index is -0.535. The lowest BCUT2D eigenvalue weighted by Crippen LogP contribution is -2.22. The Balaban J connectivity index is 1.60. The number of carbonyl (C=O) groups is 2. The molecule has 1 aromatic carbocycles. The highest BCUT2D eigenvalue weighted by molar-refractivity contribution is 6.06. The van der Waals surface area contributed by atoms with Gasteiger partial charge in [0.2, 0.25) is 5.76 Å². The normalized spacial score (nSPS) is 14.4. The molecule has 172 valence electrons. The summed E-state index contributed by atoms with van der Waals surface area (Å²) in [6.45, 7) is 9.61. The van der Waals surface area contributed by atoms with Crippen LogP contribution in [0.15, 0.2) is 44.5 Å². The smallest absolute Gasteiger partial charge is 0.379 e. The monoisotopic (exact) mass is 448 g/mol. The third kappa shape index (κ3) is 4.49. The van der Waals surface area contributed by atoms with Crippen LogP contribution >= 0.6 is 0 Å². The van der Waals surface area contributed by atoms with Crippen molar-refractivity contribution in [1.82, 2.24) is 5.43 Å². The van der Waals surface area contributed by atoms with Crippen LogP contribution in [-0.4, -0.2) is 17.6 Å². The predicted octanol–water partition coefficient (Wildman–Crippen LogP) is 5.61. The predicted molar refractivity (Wildman–Crippen MR) is 124 cm³/mol. The van der Waals surface area contributed by atoms with Gasteiger partial charge in [-0.3, -0.25) is 4.79 Å². The lowest BCUT2D eigenvalue weighted by molar-refractivity contribution is 0.0696. The summed E-state index contributed by atoms with van der Waals surface area (Å²) < 4.78 is 16.9. The molecule has 1 N–H and O–H groups in total. The van der Waals surface area contributed by atoms with Crippen molar-refractivity contribution in [3.05, 3.63) is 75.6 Å². The molecular formula is C26H28N2O5. The van der Waals surface area contributed by atoms with E-state index in [4.69, 9.17) is 13.6 Å². The summed E-state index contributed by atoms with van der Waals surface area (Å²) in [6, 6.07) is 7.46. The van der Waals surface area contributed by atoms with E-state index in [1.54, 1.807) is 13.0 Å². The van der Waals surface area contributed by atoms with Crippen molar-refractivity contribution in [2.45, 2.75) is 59.8 Å². The molecule has 7 nitrogen and oxygen atoms in total. The number of fused-ring (bicyclic) bond motifs is 1. The van der Waals surface area contributed by atoms with Crippen LogP contribution in [0.1, 0.15) is 87.3 Å². The van der Waals surface area contributed by atoms with Gasteiger partial charge in [0.25, 0.3) is 5.91 Å². The van der Waals surface area contributed by atoms with Crippen LogP contribution in [0.2, 0.25) is 0 Å². The van der Waals surface area contributed by atoms with E-state index in [2.05, 4.69) is 24.4 Å². The molecular weight excluding hydrogens is 420 g/mol. The van der Waals surface area contributed by atoms with Crippen molar-refractivity contribution in [2.24, 2.45) is 5.10 Å². The molecule has 33 heavy (non-hydrogen) atoms. The standard InChI is InChI=1S/C26H28N2O5/c1-14(2)18-10-9-15(3)13-22(18)33-26(30)24-16(4)23-20(7-6-8-21(23)32-24)27-28-25(29)19-11-12-31-17(19)5/h9-14H,6-8H2,1-5H3,(H,28,29)/b27-20+. The van der Waals surface area contributed by atoms with Crippen LogP contribution in [0.4, 0.5) is 0 Å². The average molecular weight is 449 g/mol. The van der Waals surface area contributed by atoms with E-state index in [-0.39, 0.29) is 17.6 Å². The minimum Gasteiger partial charge on any atom is -0.469 e. The fraction of sp³-hybridized carbons (Fsp3) is 0.346. The minimum absolute atomic E-state index is 0.169. The number of amides is 1. The van der Waals surface area contributed by atoms with Gasteiger partial charge < -0.3 is 13.6 Å². The molecule has 0 saturated heterocycles. The first kappa shape index (κ1) is 22.6. The van der Waals surface area contributed by atoms with Crippen molar-refractivity contribution >= 4 is 17.6 Å². The number of ether oxygens (including phenoxy) is 1. The van der Waals surface area contributed by atoms with Crippen molar-refractivity contribution in [1.29, 1.82) is 0 Å². The van der Waals surface area contributed by atoms with Gasteiger partial charge in [0, 0.05) is 17.5 Å². The molecule has 1 aliphatic carbocycles. The summed E-state index contributed by atoms with van der Waals surface area (Å²) in [5, 5.41) is 4.35. The molecule has 0 unspecified atom stereocenters. The molecule has 1 amide bonds. The summed E-state index contributed by atoms with van der Waals surface area (Å²) in [7, 11) is 0. The quantitative estimate of drug-likeness (QED) is 0.311. The number of hydrogen-bond acceptors (Lipinski definition) is 6. The summed E-state index contributed by atoms with van der Waals surface area (Å²) in [6.07, 6.45) is 3.64. The van der Waals surface area contributed by atoms with Crippen molar-refractivity contribution in [2.75, 3.05) is 0 Å². The third-order valence-electron chi connectivity index (χ3n) is 5.90. The summed E-state index contributed by atoms with van der Waals surface area (Å²) in [5.41, 5.74) is 7.12. The van der Waals surface area contributed by atoms with Gasteiger partial charge in [-0.1, -0.05) is 26.0 Å². The number of carbonyl (C=O) groups excluding carboxylic acids is 2. The summed E-state index contributed by atoms with van der Waals surface area (Å²) >= 11 is 0. The number of hydrazone groups is 1. The maximum atomic E-state index is 13.1. The molecule has 1 aliphatic rings. The van der Waals surface area contributed by atoms with Gasteiger partial charge in [0.1, 0.15) is 17.3 Å². The molecule has 2 heterocycles. The van der Waals surface area contributed by atoms with Crippen molar-refractivity contribution in [3.63, 3.8) is 0 Å². The number of nitrogens with one attached hydrogen (secondary N) is 1. The second kappa shape index (κ2) is 9.10. The first-order valence-corrected chi connectivity index (χ1v) is 11.1. The zero-order valence-corrected chi connectivity index (χ0v) is 19.6. The first-order chi connectivity index (χ1) is 15.8. The lowest BCUT2D eigenvalue weighted by Gasteiger charge is -2.13. The highest BCUT2D eigenvalue weighted by Crippen LogP contribution is 2.32. The maximum absolute atomic E-state index is 13.1. The van der Waals surface area contributed by atoms with E-state index < -0.39 is 5.97 Å². The number of nitrogens with zero attached hydrogens (tertiary/aromatic N) is 1. The number of aryl methyl sites for hydroxylation is 3. The number of esters is 1. The number of benzene rings is 1. The Kier molecular flexibility index (Phi) is 6.22. The SMILES string of the molecule is Cc1ccc(C(C)C)c(OC(=O)c2oc3c(c2C)/C(=N/NC(=O)c2ccoc2C)CCC3)c1. The highest BCUT2D eigenvalue weighted by atomic mass is 16.5. The highest BCUT2D eigenvalue weighted by Gasteiger charge is 2.29. The van der Waals surface area contributed by atoms with Crippen LogP contribution in [0.3, 0.4) is 0 Å². The van der Waals surface area contributed by atoms with Gasteiger partial charge in [0.15, 0.2) is 0 Å². The molecule has 3 aromatic rings. The topological polar surface area (TPSA) is 94.0 Å². The van der Waals surface area contributed by atoms with Crippen molar-refractivity contribution in [3.8, 4) is 5.75 Å². The Morgan fingerprint density at radius 3 is 2.61 bits per heavy atom. The third-order valence-corrected chi connectivity index (χ3v) is 5.90.